The molecule has 5 nitrogen and oxygen atoms in total. The number of benzene rings is 2. The molecule has 0 radical (unpaired) electrons. The summed E-state index contributed by atoms with van der Waals surface area (Å²) in [6.45, 7) is 3.82. The van der Waals surface area contributed by atoms with E-state index in [0.717, 1.165) is 24.1 Å². The quantitative estimate of drug-likeness (QED) is 0.701. The predicted octanol–water partition coefficient (Wildman–Crippen LogP) is 2.20. The summed E-state index contributed by atoms with van der Waals surface area (Å²) in [5.74, 6) is -0.263. The SMILES string of the molecule is CCOC(C(=O)NC[C@@]1(O)CCCNC1)(c1ccccc1)c1ccccc1. The van der Waals surface area contributed by atoms with Crippen molar-refractivity contribution in [3.05, 3.63) is 71.8 Å². The van der Waals surface area contributed by atoms with Gasteiger partial charge in [-0.1, -0.05) is 60.7 Å². The van der Waals surface area contributed by atoms with Gasteiger partial charge >= 0.3 is 0 Å². The number of piperidine rings is 1. The van der Waals surface area contributed by atoms with E-state index in [-0.39, 0.29) is 12.5 Å². The van der Waals surface area contributed by atoms with E-state index >= 15 is 0 Å². The van der Waals surface area contributed by atoms with Crippen LogP contribution in [0.1, 0.15) is 30.9 Å². The minimum Gasteiger partial charge on any atom is -0.387 e. The predicted molar refractivity (Wildman–Crippen MR) is 105 cm³/mol. The molecule has 1 saturated heterocycles. The summed E-state index contributed by atoms with van der Waals surface area (Å²) in [5.41, 5.74) is -0.650. The first-order valence-corrected chi connectivity index (χ1v) is 9.57. The molecule has 2 aromatic rings. The molecular formula is C22H28N2O3. The van der Waals surface area contributed by atoms with Gasteiger partial charge in [-0.05, 0) is 37.4 Å². The van der Waals surface area contributed by atoms with Crippen molar-refractivity contribution in [2.75, 3.05) is 26.2 Å². The molecule has 3 N–H and O–H groups in total. The summed E-state index contributed by atoms with van der Waals surface area (Å²) >= 11 is 0. The average molecular weight is 368 g/mol. The van der Waals surface area contributed by atoms with Gasteiger partial charge in [0.1, 0.15) is 0 Å². The monoisotopic (exact) mass is 368 g/mol. The molecule has 1 aliphatic rings. The van der Waals surface area contributed by atoms with Crippen molar-refractivity contribution in [1.82, 2.24) is 10.6 Å². The van der Waals surface area contributed by atoms with Crippen LogP contribution in [-0.4, -0.2) is 42.9 Å². The number of nitrogens with one attached hydrogen (secondary N) is 2. The lowest BCUT2D eigenvalue weighted by molar-refractivity contribution is -0.144. The van der Waals surface area contributed by atoms with Gasteiger partial charge in [0, 0.05) is 19.7 Å². The van der Waals surface area contributed by atoms with Crippen LogP contribution in [0.3, 0.4) is 0 Å². The molecule has 27 heavy (non-hydrogen) atoms. The van der Waals surface area contributed by atoms with Gasteiger partial charge in [-0.15, -0.1) is 0 Å². The number of hydrogen-bond donors (Lipinski definition) is 3. The van der Waals surface area contributed by atoms with Gasteiger partial charge in [0.25, 0.3) is 5.91 Å². The molecule has 5 heteroatoms. The third-order valence-corrected chi connectivity index (χ3v) is 5.07. The molecule has 1 amide bonds. The lowest BCUT2D eigenvalue weighted by atomic mass is 9.84. The van der Waals surface area contributed by atoms with E-state index in [1.807, 2.05) is 67.6 Å². The molecule has 0 saturated carbocycles. The molecule has 0 spiro atoms. The van der Waals surface area contributed by atoms with E-state index < -0.39 is 11.2 Å². The van der Waals surface area contributed by atoms with Crippen LogP contribution < -0.4 is 10.6 Å². The van der Waals surface area contributed by atoms with Crippen LogP contribution in [0.25, 0.3) is 0 Å². The Labute approximate surface area is 160 Å². The minimum atomic E-state index is -1.25. The molecule has 2 aromatic carbocycles. The topological polar surface area (TPSA) is 70.6 Å². The van der Waals surface area contributed by atoms with Gasteiger partial charge in [0.15, 0.2) is 5.60 Å². The highest BCUT2D eigenvalue weighted by Crippen LogP contribution is 2.34. The van der Waals surface area contributed by atoms with Crippen molar-refractivity contribution >= 4 is 5.91 Å². The van der Waals surface area contributed by atoms with Gasteiger partial charge < -0.3 is 20.5 Å². The lowest BCUT2D eigenvalue weighted by Crippen LogP contribution is -2.56. The van der Waals surface area contributed by atoms with E-state index in [1.165, 1.54) is 0 Å². The van der Waals surface area contributed by atoms with Gasteiger partial charge in [0.2, 0.25) is 0 Å². The van der Waals surface area contributed by atoms with Crippen molar-refractivity contribution in [2.45, 2.75) is 31.0 Å². The maximum atomic E-state index is 13.5. The van der Waals surface area contributed by atoms with Crippen molar-refractivity contribution in [1.29, 1.82) is 0 Å². The van der Waals surface area contributed by atoms with Crippen molar-refractivity contribution < 1.29 is 14.6 Å². The third kappa shape index (κ3) is 4.21. The Kier molecular flexibility index (Phi) is 6.26. The molecule has 0 bridgehead atoms. The number of carbonyl (C=O) groups excluding carboxylic acids is 1. The van der Waals surface area contributed by atoms with Crippen molar-refractivity contribution in [3.8, 4) is 0 Å². The average Bonchev–Trinajstić information content (AvgIpc) is 2.72. The molecule has 0 unspecified atom stereocenters. The number of β-amino-alcohol motifs (C(OH)–C–C–N with tert-alkyl or cyclic N) is 1. The Morgan fingerprint density at radius 2 is 1.74 bits per heavy atom. The second-order valence-corrected chi connectivity index (χ2v) is 7.03. The van der Waals surface area contributed by atoms with Gasteiger partial charge in [-0.25, -0.2) is 0 Å². The standard InChI is InChI=1S/C22H28N2O3/c1-2-27-22(18-10-5-3-6-11-18,19-12-7-4-8-13-19)20(25)24-17-21(26)14-9-15-23-16-21/h3-8,10-13,23,26H,2,9,14-17H2,1H3,(H,24,25)/t21-/m1/s1. The van der Waals surface area contributed by atoms with Crippen LogP contribution in [0.4, 0.5) is 0 Å². The van der Waals surface area contributed by atoms with Crippen LogP contribution in [0, 0.1) is 0 Å². The lowest BCUT2D eigenvalue weighted by Gasteiger charge is -2.36. The van der Waals surface area contributed by atoms with E-state index in [0.29, 0.717) is 19.6 Å². The molecular weight excluding hydrogens is 340 g/mol. The van der Waals surface area contributed by atoms with Crippen LogP contribution in [0.2, 0.25) is 0 Å². The van der Waals surface area contributed by atoms with Gasteiger partial charge in [-0.2, -0.15) is 0 Å². The first-order valence-electron chi connectivity index (χ1n) is 9.57. The third-order valence-electron chi connectivity index (χ3n) is 5.07. The molecule has 3 rings (SSSR count). The zero-order valence-electron chi connectivity index (χ0n) is 15.8. The second kappa shape index (κ2) is 8.65. The van der Waals surface area contributed by atoms with Crippen molar-refractivity contribution in [2.24, 2.45) is 0 Å². The Balaban J connectivity index is 1.94. The summed E-state index contributed by atoms with van der Waals surface area (Å²) in [7, 11) is 0. The number of ether oxygens (including phenoxy) is 1. The molecule has 0 aromatic heterocycles. The highest BCUT2D eigenvalue weighted by molar-refractivity contribution is 5.90. The number of hydrogen-bond acceptors (Lipinski definition) is 4. The Hall–Kier alpha value is -2.21. The minimum absolute atomic E-state index is 0.188. The number of aliphatic hydroxyl groups is 1. The zero-order chi connectivity index (χ0) is 19.2. The summed E-state index contributed by atoms with van der Waals surface area (Å²) in [6.07, 6.45) is 1.55. The maximum absolute atomic E-state index is 13.5. The Morgan fingerprint density at radius 3 is 2.22 bits per heavy atom. The molecule has 1 fully saturated rings. The van der Waals surface area contributed by atoms with Crippen LogP contribution in [0.5, 0.6) is 0 Å². The number of rotatable bonds is 7. The first kappa shape index (κ1) is 19.5. The van der Waals surface area contributed by atoms with E-state index in [4.69, 9.17) is 4.74 Å². The fraction of sp³-hybridized carbons (Fsp3) is 0.409. The van der Waals surface area contributed by atoms with E-state index in [2.05, 4.69) is 10.6 Å². The summed E-state index contributed by atoms with van der Waals surface area (Å²) in [4.78, 5) is 13.5. The Bertz CT molecular complexity index is 688. The number of carbonyl (C=O) groups is 1. The normalized spacial score (nSPS) is 20.2. The molecule has 1 heterocycles. The first-order chi connectivity index (χ1) is 13.1. The molecule has 1 atom stereocenters. The van der Waals surface area contributed by atoms with Crippen LogP contribution in [-0.2, 0) is 15.1 Å². The number of amides is 1. The molecule has 1 aliphatic heterocycles. The summed E-state index contributed by atoms with van der Waals surface area (Å²) in [5, 5.41) is 16.9. The Morgan fingerprint density at radius 1 is 1.15 bits per heavy atom. The van der Waals surface area contributed by atoms with E-state index in [1.54, 1.807) is 0 Å². The fourth-order valence-electron chi connectivity index (χ4n) is 3.70. The zero-order valence-corrected chi connectivity index (χ0v) is 15.8. The second-order valence-electron chi connectivity index (χ2n) is 7.03. The highest BCUT2D eigenvalue weighted by atomic mass is 16.5. The largest absolute Gasteiger partial charge is 0.387 e. The van der Waals surface area contributed by atoms with Crippen LogP contribution in [0.15, 0.2) is 60.7 Å². The smallest absolute Gasteiger partial charge is 0.261 e. The summed E-state index contributed by atoms with van der Waals surface area (Å²) in [6, 6.07) is 19.0. The van der Waals surface area contributed by atoms with E-state index in [9.17, 15) is 9.90 Å². The van der Waals surface area contributed by atoms with Crippen LogP contribution >= 0.6 is 0 Å². The highest BCUT2D eigenvalue weighted by Gasteiger charge is 2.44. The summed E-state index contributed by atoms with van der Waals surface area (Å²) < 4.78 is 6.13. The van der Waals surface area contributed by atoms with Gasteiger partial charge in [0.05, 0.1) is 5.60 Å². The maximum Gasteiger partial charge on any atom is 0.261 e. The van der Waals surface area contributed by atoms with Gasteiger partial charge in [-0.3, -0.25) is 4.79 Å². The fourth-order valence-corrected chi connectivity index (χ4v) is 3.70. The molecule has 0 aliphatic carbocycles. The molecule has 144 valence electrons. The van der Waals surface area contributed by atoms with Crippen molar-refractivity contribution in [3.63, 3.8) is 0 Å².